The molecular weight excluding hydrogens is 264 g/mol. The fourth-order valence-electron chi connectivity index (χ4n) is 1.22. The van der Waals surface area contributed by atoms with Crippen molar-refractivity contribution < 1.29 is 14.3 Å². The average molecular weight is 284 g/mol. The summed E-state index contributed by atoms with van der Waals surface area (Å²) in [6, 6.07) is 3.59. The van der Waals surface area contributed by atoms with E-state index in [0.29, 0.717) is 36.3 Å². The standard InChI is InChI=1S/C13H20N2O3S/c1-9(2)8-18-13-10(14)4-5-11(15-13)19-7-6-12(16)17-3/h4-5,9H,6-8,14H2,1-3H3. The van der Waals surface area contributed by atoms with Gasteiger partial charge in [0.05, 0.1) is 25.8 Å². The smallest absolute Gasteiger partial charge is 0.306 e. The Morgan fingerprint density at radius 3 is 2.84 bits per heavy atom. The van der Waals surface area contributed by atoms with Crippen molar-refractivity contribution in [3.05, 3.63) is 12.1 Å². The lowest BCUT2D eigenvalue weighted by Gasteiger charge is -2.11. The van der Waals surface area contributed by atoms with E-state index >= 15 is 0 Å². The van der Waals surface area contributed by atoms with Gasteiger partial charge < -0.3 is 15.2 Å². The molecule has 0 spiro atoms. The van der Waals surface area contributed by atoms with Crippen molar-refractivity contribution in [1.82, 2.24) is 4.98 Å². The highest BCUT2D eigenvalue weighted by Gasteiger charge is 2.07. The van der Waals surface area contributed by atoms with Crippen molar-refractivity contribution in [3.8, 4) is 5.88 Å². The van der Waals surface area contributed by atoms with Crippen molar-refractivity contribution in [2.45, 2.75) is 25.3 Å². The van der Waals surface area contributed by atoms with E-state index in [-0.39, 0.29) is 5.97 Å². The van der Waals surface area contributed by atoms with Crippen LogP contribution in [0.2, 0.25) is 0 Å². The van der Waals surface area contributed by atoms with Crippen LogP contribution in [0.1, 0.15) is 20.3 Å². The molecule has 0 unspecified atom stereocenters. The summed E-state index contributed by atoms with van der Waals surface area (Å²) in [4.78, 5) is 15.3. The van der Waals surface area contributed by atoms with Gasteiger partial charge in [-0.25, -0.2) is 4.98 Å². The molecule has 0 aromatic carbocycles. The molecule has 0 aliphatic heterocycles. The minimum atomic E-state index is -0.223. The Morgan fingerprint density at radius 1 is 1.47 bits per heavy atom. The van der Waals surface area contributed by atoms with Crippen molar-refractivity contribution in [1.29, 1.82) is 0 Å². The predicted octanol–water partition coefficient (Wildman–Crippen LogP) is 2.35. The van der Waals surface area contributed by atoms with E-state index in [1.807, 2.05) is 6.07 Å². The Hall–Kier alpha value is -1.43. The Bertz CT molecular complexity index is 424. The van der Waals surface area contributed by atoms with Crippen molar-refractivity contribution in [2.75, 3.05) is 25.2 Å². The van der Waals surface area contributed by atoms with Gasteiger partial charge in [-0.2, -0.15) is 0 Å². The molecule has 0 saturated heterocycles. The third-order valence-corrected chi connectivity index (χ3v) is 3.13. The van der Waals surface area contributed by atoms with Crippen LogP contribution >= 0.6 is 11.8 Å². The Kier molecular flexibility index (Phi) is 6.49. The highest BCUT2D eigenvalue weighted by Crippen LogP contribution is 2.25. The highest BCUT2D eigenvalue weighted by atomic mass is 32.2. The molecule has 0 radical (unpaired) electrons. The van der Waals surface area contributed by atoms with Gasteiger partial charge in [0.1, 0.15) is 5.03 Å². The second-order valence-corrected chi connectivity index (χ2v) is 5.54. The molecule has 19 heavy (non-hydrogen) atoms. The number of hydrogen-bond donors (Lipinski definition) is 1. The number of aromatic nitrogens is 1. The SMILES string of the molecule is COC(=O)CCSc1ccc(N)c(OCC(C)C)n1. The van der Waals surface area contributed by atoms with Gasteiger partial charge in [0.2, 0.25) is 5.88 Å². The molecule has 0 aliphatic carbocycles. The molecule has 1 rings (SSSR count). The van der Waals surface area contributed by atoms with Crippen molar-refractivity contribution >= 4 is 23.4 Å². The number of pyridine rings is 1. The van der Waals surface area contributed by atoms with Gasteiger partial charge in [-0.15, -0.1) is 11.8 Å². The van der Waals surface area contributed by atoms with Gasteiger partial charge in [-0.3, -0.25) is 4.79 Å². The van der Waals surface area contributed by atoms with Crippen molar-refractivity contribution in [2.24, 2.45) is 5.92 Å². The maximum atomic E-state index is 11.0. The molecule has 0 amide bonds. The van der Waals surface area contributed by atoms with E-state index < -0.39 is 0 Å². The molecule has 0 atom stereocenters. The first-order valence-corrected chi connectivity index (χ1v) is 7.10. The lowest BCUT2D eigenvalue weighted by Crippen LogP contribution is -2.08. The summed E-state index contributed by atoms with van der Waals surface area (Å²) in [5.74, 6) is 1.26. The quantitative estimate of drug-likeness (QED) is 0.612. The van der Waals surface area contributed by atoms with Gasteiger partial charge in [0.25, 0.3) is 0 Å². The van der Waals surface area contributed by atoms with Gasteiger partial charge >= 0.3 is 5.97 Å². The van der Waals surface area contributed by atoms with E-state index in [9.17, 15) is 4.79 Å². The third-order valence-electron chi connectivity index (χ3n) is 2.20. The van der Waals surface area contributed by atoms with Crippen LogP contribution in [-0.4, -0.2) is 30.4 Å². The molecule has 1 aromatic rings. The van der Waals surface area contributed by atoms with E-state index in [0.717, 1.165) is 5.03 Å². The first-order valence-electron chi connectivity index (χ1n) is 6.12. The largest absolute Gasteiger partial charge is 0.476 e. The molecule has 1 aromatic heterocycles. The monoisotopic (exact) mass is 284 g/mol. The zero-order valence-electron chi connectivity index (χ0n) is 11.5. The molecule has 2 N–H and O–H groups in total. The van der Waals surface area contributed by atoms with Crippen LogP contribution < -0.4 is 10.5 Å². The summed E-state index contributed by atoms with van der Waals surface area (Å²) in [5.41, 5.74) is 6.33. The van der Waals surface area contributed by atoms with Crippen LogP contribution in [0.5, 0.6) is 5.88 Å². The van der Waals surface area contributed by atoms with Crippen LogP contribution in [-0.2, 0) is 9.53 Å². The molecule has 5 nitrogen and oxygen atoms in total. The molecule has 0 aliphatic rings. The number of rotatable bonds is 7. The first kappa shape index (κ1) is 15.6. The topological polar surface area (TPSA) is 74.4 Å². The molecule has 0 bridgehead atoms. The summed E-state index contributed by atoms with van der Waals surface area (Å²) in [7, 11) is 1.38. The average Bonchev–Trinajstić information content (AvgIpc) is 2.38. The number of nitrogens with two attached hydrogens (primary N) is 1. The van der Waals surface area contributed by atoms with Crippen LogP contribution in [0.3, 0.4) is 0 Å². The number of nitrogen functional groups attached to an aromatic ring is 1. The van der Waals surface area contributed by atoms with E-state index in [4.69, 9.17) is 10.5 Å². The van der Waals surface area contributed by atoms with E-state index in [2.05, 4.69) is 23.6 Å². The number of hydrogen-bond acceptors (Lipinski definition) is 6. The number of carbonyl (C=O) groups is 1. The summed E-state index contributed by atoms with van der Waals surface area (Å²) in [6.07, 6.45) is 0.357. The van der Waals surface area contributed by atoms with Gasteiger partial charge in [0, 0.05) is 5.75 Å². The van der Waals surface area contributed by atoms with Gasteiger partial charge in [-0.1, -0.05) is 13.8 Å². The number of esters is 1. The number of methoxy groups -OCH3 is 1. The minimum absolute atomic E-state index is 0.223. The number of nitrogens with zero attached hydrogens (tertiary/aromatic N) is 1. The fraction of sp³-hybridized carbons (Fsp3) is 0.538. The minimum Gasteiger partial charge on any atom is -0.476 e. The molecule has 0 fully saturated rings. The second kappa shape index (κ2) is 7.89. The van der Waals surface area contributed by atoms with E-state index in [1.165, 1.54) is 18.9 Å². The Morgan fingerprint density at radius 2 is 2.21 bits per heavy atom. The maximum Gasteiger partial charge on any atom is 0.306 e. The number of carbonyl (C=O) groups excluding carboxylic acids is 1. The summed E-state index contributed by atoms with van der Waals surface area (Å²) in [5, 5.41) is 0.789. The van der Waals surface area contributed by atoms with Crippen LogP contribution in [0.25, 0.3) is 0 Å². The zero-order chi connectivity index (χ0) is 14.3. The van der Waals surface area contributed by atoms with Crippen LogP contribution in [0.15, 0.2) is 17.2 Å². The van der Waals surface area contributed by atoms with Crippen LogP contribution in [0, 0.1) is 5.92 Å². The lowest BCUT2D eigenvalue weighted by molar-refractivity contribution is -0.140. The first-order chi connectivity index (χ1) is 9.02. The maximum absolute atomic E-state index is 11.0. The fourth-order valence-corrected chi connectivity index (χ4v) is 2.01. The predicted molar refractivity (Wildman–Crippen MR) is 76.3 cm³/mol. The lowest BCUT2D eigenvalue weighted by atomic mass is 10.2. The Labute approximate surface area is 117 Å². The normalized spacial score (nSPS) is 10.5. The van der Waals surface area contributed by atoms with Crippen molar-refractivity contribution in [3.63, 3.8) is 0 Å². The number of anilines is 1. The molecule has 1 heterocycles. The zero-order valence-corrected chi connectivity index (χ0v) is 12.3. The third kappa shape index (κ3) is 5.83. The van der Waals surface area contributed by atoms with Crippen LogP contribution in [0.4, 0.5) is 5.69 Å². The number of thioether (sulfide) groups is 1. The summed E-state index contributed by atoms with van der Waals surface area (Å²) < 4.78 is 10.1. The summed E-state index contributed by atoms with van der Waals surface area (Å²) >= 11 is 1.47. The molecule has 6 heteroatoms. The van der Waals surface area contributed by atoms with Gasteiger partial charge in [0.15, 0.2) is 0 Å². The highest BCUT2D eigenvalue weighted by molar-refractivity contribution is 7.99. The molecular formula is C13H20N2O3S. The Balaban J connectivity index is 2.55. The molecule has 0 saturated carbocycles. The van der Waals surface area contributed by atoms with Gasteiger partial charge in [-0.05, 0) is 18.1 Å². The number of ether oxygens (including phenoxy) is 2. The summed E-state index contributed by atoms with van der Waals surface area (Å²) in [6.45, 7) is 4.70. The molecule has 106 valence electrons. The van der Waals surface area contributed by atoms with E-state index in [1.54, 1.807) is 6.07 Å². The second-order valence-electron chi connectivity index (χ2n) is 4.42.